The van der Waals surface area contributed by atoms with E-state index in [0.29, 0.717) is 51.9 Å². The summed E-state index contributed by atoms with van der Waals surface area (Å²) in [6, 6.07) is 9.32. The SMILES string of the molecule is CNC=C(I=N)c1cnc2ccc(N(CCCO)c3cc(OC)cc(OC)c3)nc2c1Cl. The molecule has 2 heterocycles. The van der Waals surface area contributed by atoms with Crippen LogP contribution in [0.25, 0.3) is 14.6 Å². The lowest BCUT2D eigenvalue weighted by Gasteiger charge is -2.25. The molecule has 0 saturated heterocycles. The molecule has 0 amide bonds. The van der Waals surface area contributed by atoms with Crippen molar-refractivity contribution in [3.63, 3.8) is 0 Å². The van der Waals surface area contributed by atoms with E-state index in [0.717, 1.165) is 9.27 Å². The quantitative estimate of drug-likeness (QED) is 0.293. The van der Waals surface area contributed by atoms with Gasteiger partial charge in [0.25, 0.3) is 0 Å². The van der Waals surface area contributed by atoms with Crippen LogP contribution in [-0.4, -0.2) is 49.5 Å². The minimum Gasteiger partial charge on any atom is -0.497 e. The van der Waals surface area contributed by atoms with Crippen LogP contribution in [0, 0.1) is 3.56 Å². The average molecular weight is 570 g/mol. The normalized spacial score (nSPS) is 11.5. The van der Waals surface area contributed by atoms with Crippen LogP contribution in [-0.2, 0) is 0 Å². The first-order valence-corrected chi connectivity index (χ1v) is 12.3. The van der Waals surface area contributed by atoms with Crippen molar-refractivity contribution in [3.05, 3.63) is 53.3 Å². The van der Waals surface area contributed by atoms with E-state index in [1.807, 2.05) is 29.2 Å². The number of aromatic nitrogens is 2. The molecule has 10 heteroatoms. The van der Waals surface area contributed by atoms with Crippen LogP contribution in [0.1, 0.15) is 12.0 Å². The lowest BCUT2D eigenvalue weighted by molar-refractivity contribution is 0.290. The average Bonchev–Trinajstić information content (AvgIpc) is 2.83. The van der Waals surface area contributed by atoms with Gasteiger partial charge in [-0.15, -0.1) is 0 Å². The summed E-state index contributed by atoms with van der Waals surface area (Å²) in [7, 11) is 4.99. The molecule has 0 atom stereocenters. The van der Waals surface area contributed by atoms with Crippen LogP contribution < -0.4 is 19.7 Å². The van der Waals surface area contributed by atoms with E-state index in [2.05, 4.69) is 10.3 Å². The molecule has 0 fully saturated rings. The van der Waals surface area contributed by atoms with Gasteiger partial charge in [-0.1, -0.05) is 11.6 Å². The highest BCUT2D eigenvalue weighted by molar-refractivity contribution is 14.2. The van der Waals surface area contributed by atoms with Crippen molar-refractivity contribution in [1.29, 1.82) is 3.56 Å². The number of anilines is 2. The Morgan fingerprint density at radius 2 is 1.97 bits per heavy atom. The summed E-state index contributed by atoms with van der Waals surface area (Å²) < 4.78 is 19.6. The molecule has 3 aromatic rings. The van der Waals surface area contributed by atoms with Crippen molar-refractivity contribution < 1.29 is 14.6 Å². The molecule has 0 saturated carbocycles. The molecule has 0 aliphatic carbocycles. The van der Waals surface area contributed by atoms with Gasteiger partial charge in [-0.3, -0.25) is 8.55 Å². The van der Waals surface area contributed by atoms with E-state index in [9.17, 15) is 5.11 Å². The van der Waals surface area contributed by atoms with Crippen LogP contribution in [0.5, 0.6) is 11.5 Å². The van der Waals surface area contributed by atoms with Gasteiger partial charge in [0.15, 0.2) is 0 Å². The van der Waals surface area contributed by atoms with Crippen LogP contribution >= 0.6 is 32.6 Å². The van der Waals surface area contributed by atoms with E-state index < -0.39 is 21.0 Å². The van der Waals surface area contributed by atoms with Gasteiger partial charge >= 0.3 is 0 Å². The van der Waals surface area contributed by atoms with E-state index >= 15 is 0 Å². The van der Waals surface area contributed by atoms with Crippen molar-refractivity contribution in [2.45, 2.75) is 6.42 Å². The molecule has 0 aliphatic rings. The topological polar surface area (TPSA) is 104 Å². The fourth-order valence-corrected chi connectivity index (χ4v) is 4.79. The van der Waals surface area contributed by atoms with Gasteiger partial charge < -0.3 is 24.8 Å². The number of methoxy groups -OCH3 is 2. The molecule has 1 aromatic carbocycles. The fraction of sp³-hybridized carbons (Fsp3) is 0.273. The second-order valence-corrected chi connectivity index (χ2v) is 8.78. The first-order chi connectivity index (χ1) is 15.6. The lowest BCUT2D eigenvalue weighted by Crippen LogP contribution is -2.20. The third-order valence-electron chi connectivity index (χ3n) is 4.73. The number of nitrogens with zero attached hydrogens (tertiary/aromatic N) is 3. The van der Waals surface area contributed by atoms with Crippen molar-refractivity contribution in [1.82, 2.24) is 15.3 Å². The monoisotopic (exact) mass is 569 g/mol. The Morgan fingerprint density at radius 3 is 2.56 bits per heavy atom. The van der Waals surface area contributed by atoms with Gasteiger partial charge in [-0.05, 0) is 18.6 Å². The van der Waals surface area contributed by atoms with Gasteiger partial charge in [0.1, 0.15) is 22.8 Å². The Kier molecular flexibility index (Phi) is 8.60. The van der Waals surface area contributed by atoms with Crippen molar-refractivity contribution >= 4 is 58.8 Å². The van der Waals surface area contributed by atoms with Crippen LogP contribution in [0.2, 0.25) is 5.02 Å². The predicted molar refractivity (Wildman–Crippen MR) is 137 cm³/mol. The number of halogens is 2. The third-order valence-corrected chi connectivity index (χ3v) is 6.59. The fourth-order valence-electron chi connectivity index (χ4n) is 3.18. The molecule has 2 aromatic heterocycles. The van der Waals surface area contributed by atoms with E-state index in [-0.39, 0.29) is 6.61 Å². The summed E-state index contributed by atoms with van der Waals surface area (Å²) in [5.74, 6) is 1.96. The number of nitrogens with one attached hydrogen (secondary N) is 2. The predicted octanol–water partition coefficient (Wildman–Crippen LogP) is 5.07. The van der Waals surface area contributed by atoms with Crippen LogP contribution in [0.3, 0.4) is 0 Å². The highest BCUT2D eigenvalue weighted by Crippen LogP contribution is 2.37. The molecule has 3 N–H and O–H groups in total. The highest BCUT2D eigenvalue weighted by Gasteiger charge is 2.17. The minimum atomic E-state index is -0.964. The number of aliphatic hydroxyl groups is 1. The molecule has 0 spiro atoms. The molecule has 0 unspecified atom stereocenters. The molecule has 0 radical (unpaired) electrons. The number of rotatable bonds is 10. The number of hydrogen-bond acceptors (Lipinski definition) is 8. The minimum absolute atomic E-state index is 0.0446. The summed E-state index contributed by atoms with van der Waals surface area (Å²) in [4.78, 5) is 11.3. The first-order valence-electron chi connectivity index (χ1n) is 9.81. The maximum atomic E-state index is 9.45. The van der Waals surface area contributed by atoms with E-state index in [1.54, 1.807) is 39.7 Å². The lowest BCUT2D eigenvalue weighted by atomic mass is 10.2. The summed E-state index contributed by atoms with van der Waals surface area (Å²) in [6.07, 6.45) is 4.03. The van der Waals surface area contributed by atoms with E-state index in [4.69, 9.17) is 29.6 Å². The second kappa shape index (κ2) is 11.4. The molecule has 0 aliphatic heterocycles. The number of hydrogen-bond donors (Lipinski definition) is 3. The molecule has 32 heavy (non-hydrogen) atoms. The van der Waals surface area contributed by atoms with E-state index in [1.165, 1.54) is 0 Å². The zero-order chi connectivity index (χ0) is 23.1. The number of pyridine rings is 2. The Morgan fingerprint density at radius 1 is 1.25 bits per heavy atom. The van der Waals surface area contributed by atoms with Crippen molar-refractivity contribution in [3.8, 4) is 11.5 Å². The second-order valence-electron chi connectivity index (χ2n) is 6.70. The molecule has 8 nitrogen and oxygen atoms in total. The molecule has 3 rings (SSSR count). The van der Waals surface area contributed by atoms with Gasteiger partial charge in [0.2, 0.25) is 0 Å². The highest BCUT2D eigenvalue weighted by atomic mass is 127. The molecule has 170 valence electrons. The van der Waals surface area contributed by atoms with Gasteiger partial charge in [0.05, 0.1) is 28.3 Å². The van der Waals surface area contributed by atoms with Crippen molar-refractivity contribution in [2.75, 3.05) is 39.3 Å². The summed E-state index contributed by atoms with van der Waals surface area (Å²) in [6.45, 7) is 0.572. The third kappa shape index (κ3) is 5.28. The maximum Gasteiger partial charge on any atom is 0.133 e. The Bertz CT molecular complexity index is 1120. The van der Waals surface area contributed by atoms with Gasteiger partial charge in [-0.25, -0.2) is 4.98 Å². The molecular weight excluding hydrogens is 545 g/mol. The molecule has 0 bridgehead atoms. The van der Waals surface area contributed by atoms with Gasteiger partial charge in [0, 0.05) is 83.1 Å². The largest absolute Gasteiger partial charge is 0.497 e. The number of aliphatic hydroxyl groups excluding tert-OH is 1. The number of fused-ring (bicyclic) bond motifs is 1. The first kappa shape index (κ1) is 24.1. The zero-order valence-electron chi connectivity index (χ0n) is 18.0. The van der Waals surface area contributed by atoms with Crippen LogP contribution in [0.4, 0.5) is 11.5 Å². The number of benzene rings is 1. The summed E-state index contributed by atoms with van der Waals surface area (Å²) in [5.41, 5.74) is 2.75. The molecular formula is C22H25ClIN5O3. The maximum absolute atomic E-state index is 9.45. The summed E-state index contributed by atoms with van der Waals surface area (Å²) in [5, 5.41) is 12.9. The van der Waals surface area contributed by atoms with Crippen molar-refractivity contribution in [2.24, 2.45) is 0 Å². The number of ether oxygens (including phenoxy) is 2. The van der Waals surface area contributed by atoms with Gasteiger partial charge in [-0.2, -0.15) is 0 Å². The Labute approximate surface area is 202 Å². The van der Waals surface area contributed by atoms with Crippen LogP contribution in [0.15, 0.2) is 42.7 Å². The zero-order valence-corrected chi connectivity index (χ0v) is 20.9. The Hall–Kier alpha value is -2.50. The standard InChI is InChI=1S/C22H25ClIN5O3/c1-26-13-18(24-25)17-12-27-19-5-6-20(28-22(19)21(17)23)29(7-4-8-30)14-9-15(31-2)11-16(10-14)32-3/h5-6,9-13,25-26,30H,4,7-8H2,1-3H3. The smallest absolute Gasteiger partial charge is 0.133 e. The summed E-state index contributed by atoms with van der Waals surface area (Å²) >= 11 is 5.77. The Balaban J connectivity index is 2.16.